The Morgan fingerprint density at radius 3 is 2.67 bits per heavy atom. The van der Waals surface area contributed by atoms with Crippen LogP contribution in [-0.2, 0) is 6.42 Å². The molecule has 1 aromatic heterocycles. The number of hydrogen-bond acceptors (Lipinski definition) is 3. The third kappa shape index (κ3) is 3.94. The summed E-state index contributed by atoms with van der Waals surface area (Å²) in [5, 5.41) is 4.52. The smallest absolute Gasteiger partial charge is 0.168 e. The van der Waals surface area contributed by atoms with E-state index in [0.717, 1.165) is 23.0 Å². The second-order valence-corrected chi connectivity index (χ2v) is 6.05. The number of nitrogens with two attached hydrogens (primary N) is 1. The van der Waals surface area contributed by atoms with Crippen LogP contribution in [0.5, 0.6) is 0 Å². The lowest BCUT2D eigenvalue weighted by Gasteiger charge is -2.12. The maximum Gasteiger partial charge on any atom is 0.168 e. The first-order chi connectivity index (χ1) is 10.0. The molecule has 0 spiro atoms. The molecule has 0 bridgehead atoms. The molecule has 0 amide bonds. The number of nitrogens with zero attached hydrogens (tertiary/aromatic N) is 2. The predicted molar refractivity (Wildman–Crippen MR) is 88.4 cm³/mol. The van der Waals surface area contributed by atoms with Gasteiger partial charge in [-0.25, -0.2) is 0 Å². The van der Waals surface area contributed by atoms with Gasteiger partial charge in [-0.3, -0.25) is 9.48 Å². The van der Waals surface area contributed by atoms with Gasteiger partial charge in [-0.05, 0) is 37.1 Å². The average molecular weight is 350 g/mol. The zero-order valence-corrected chi connectivity index (χ0v) is 13.9. The number of carbonyl (C=O) groups is 1. The maximum atomic E-state index is 12.3. The molecule has 2 aromatic rings. The Bertz CT molecular complexity index is 612. The fraction of sp³-hybridized carbons (Fsp3) is 0.375. The first-order valence-corrected chi connectivity index (χ1v) is 7.96. The van der Waals surface area contributed by atoms with Crippen LogP contribution in [0.15, 0.2) is 34.9 Å². The first-order valence-electron chi connectivity index (χ1n) is 7.16. The summed E-state index contributed by atoms with van der Waals surface area (Å²) >= 11 is 3.36. The van der Waals surface area contributed by atoms with Crippen LogP contribution in [0.25, 0.3) is 0 Å². The van der Waals surface area contributed by atoms with E-state index in [-0.39, 0.29) is 5.78 Å². The number of nitrogen functional groups attached to an aromatic ring is 1. The van der Waals surface area contributed by atoms with E-state index >= 15 is 0 Å². The van der Waals surface area contributed by atoms with Crippen molar-refractivity contribution in [3.8, 4) is 0 Å². The van der Waals surface area contributed by atoms with Crippen LogP contribution < -0.4 is 5.73 Å². The van der Waals surface area contributed by atoms with Gasteiger partial charge in [0.2, 0.25) is 0 Å². The van der Waals surface area contributed by atoms with E-state index < -0.39 is 0 Å². The molecule has 2 rings (SSSR count). The summed E-state index contributed by atoms with van der Waals surface area (Å²) in [6.07, 6.45) is 4.32. The Balaban J connectivity index is 2.12. The molecule has 0 fully saturated rings. The third-order valence-corrected chi connectivity index (χ3v) is 4.02. The van der Waals surface area contributed by atoms with Gasteiger partial charge in [-0.2, -0.15) is 5.10 Å². The Morgan fingerprint density at radius 1 is 1.33 bits per heavy atom. The first kappa shape index (κ1) is 15.8. The van der Waals surface area contributed by atoms with E-state index in [1.54, 1.807) is 18.2 Å². The van der Waals surface area contributed by atoms with Crippen LogP contribution in [0.3, 0.4) is 0 Å². The molecule has 21 heavy (non-hydrogen) atoms. The molecule has 0 unspecified atom stereocenters. The summed E-state index contributed by atoms with van der Waals surface area (Å²) in [4.78, 5) is 12.3. The average Bonchev–Trinajstić information content (AvgIpc) is 2.87. The Hall–Kier alpha value is -1.62. The lowest BCUT2D eigenvalue weighted by molar-refractivity contribution is 0.0991. The molecule has 0 aliphatic heterocycles. The number of ketones is 1. The Kier molecular flexibility index (Phi) is 5.17. The SMILES string of the molecule is CCC(CC)n1ccc(CC(=O)c2cc(N)cc(Br)c2)n1. The highest BCUT2D eigenvalue weighted by atomic mass is 79.9. The number of anilines is 1. The molecule has 0 saturated carbocycles. The topological polar surface area (TPSA) is 60.9 Å². The minimum Gasteiger partial charge on any atom is -0.399 e. The molecule has 2 N–H and O–H groups in total. The molecule has 1 heterocycles. The van der Waals surface area contributed by atoms with E-state index in [9.17, 15) is 4.79 Å². The van der Waals surface area contributed by atoms with Crippen LogP contribution in [0, 0.1) is 0 Å². The van der Waals surface area contributed by atoms with E-state index in [4.69, 9.17) is 5.73 Å². The largest absolute Gasteiger partial charge is 0.399 e. The summed E-state index contributed by atoms with van der Waals surface area (Å²) in [7, 11) is 0. The normalized spacial score (nSPS) is 11.0. The predicted octanol–water partition coefficient (Wildman–Crippen LogP) is 4.01. The van der Waals surface area contributed by atoms with Crippen molar-refractivity contribution in [2.45, 2.75) is 39.2 Å². The van der Waals surface area contributed by atoms with E-state index in [2.05, 4.69) is 34.9 Å². The van der Waals surface area contributed by atoms with Gasteiger partial charge >= 0.3 is 0 Å². The monoisotopic (exact) mass is 349 g/mol. The van der Waals surface area contributed by atoms with Gasteiger partial charge in [0.1, 0.15) is 0 Å². The summed E-state index contributed by atoms with van der Waals surface area (Å²) in [5.41, 5.74) is 7.75. The number of benzene rings is 1. The van der Waals surface area contributed by atoms with Gasteiger partial charge in [0.15, 0.2) is 5.78 Å². The number of aromatic nitrogens is 2. The molecule has 4 nitrogen and oxygen atoms in total. The number of Topliss-reactive ketones (excluding diaryl/α,β-unsaturated/α-hetero) is 1. The van der Waals surface area contributed by atoms with Crippen molar-refractivity contribution in [3.63, 3.8) is 0 Å². The van der Waals surface area contributed by atoms with Crippen molar-refractivity contribution in [1.29, 1.82) is 0 Å². The second kappa shape index (κ2) is 6.89. The van der Waals surface area contributed by atoms with Gasteiger partial charge in [-0.1, -0.05) is 29.8 Å². The molecule has 1 aromatic carbocycles. The number of rotatable bonds is 6. The lowest BCUT2D eigenvalue weighted by Crippen LogP contribution is -2.09. The number of carbonyl (C=O) groups excluding carboxylic acids is 1. The molecule has 112 valence electrons. The fourth-order valence-electron chi connectivity index (χ4n) is 2.38. The molecule has 5 heteroatoms. The van der Waals surface area contributed by atoms with Gasteiger partial charge in [0.05, 0.1) is 18.2 Å². The molecule has 0 aliphatic rings. The van der Waals surface area contributed by atoms with Crippen LogP contribution in [0.2, 0.25) is 0 Å². The van der Waals surface area contributed by atoms with Gasteiger partial charge in [-0.15, -0.1) is 0 Å². The molecular weight excluding hydrogens is 330 g/mol. The van der Waals surface area contributed by atoms with Crippen molar-refractivity contribution < 1.29 is 4.79 Å². The summed E-state index contributed by atoms with van der Waals surface area (Å²) < 4.78 is 2.77. The zero-order chi connectivity index (χ0) is 15.4. The van der Waals surface area contributed by atoms with Crippen molar-refractivity contribution >= 4 is 27.4 Å². The Labute approximate surface area is 133 Å². The van der Waals surface area contributed by atoms with Gasteiger partial charge in [0.25, 0.3) is 0 Å². The molecule has 0 saturated heterocycles. The summed E-state index contributed by atoms with van der Waals surface area (Å²) in [6, 6.07) is 7.58. The van der Waals surface area contributed by atoms with Crippen molar-refractivity contribution in [3.05, 3.63) is 46.2 Å². The highest BCUT2D eigenvalue weighted by molar-refractivity contribution is 9.10. The highest BCUT2D eigenvalue weighted by Gasteiger charge is 2.13. The summed E-state index contributed by atoms with van der Waals surface area (Å²) in [5.74, 6) is 0.0257. The minimum atomic E-state index is 0.0257. The number of halogens is 1. The second-order valence-electron chi connectivity index (χ2n) is 5.13. The van der Waals surface area contributed by atoms with Crippen LogP contribution >= 0.6 is 15.9 Å². The van der Waals surface area contributed by atoms with E-state index in [1.807, 2.05) is 16.9 Å². The Morgan fingerprint density at radius 2 is 2.05 bits per heavy atom. The molecule has 0 aliphatic carbocycles. The van der Waals surface area contributed by atoms with Gasteiger partial charge < -0.3 is 5.73 Å². The van der Waals surface area contributed by atoms with Crippen molar-refractivity contribution in [1.82, 2.24) is 9.78 Å². The van der Waals surface area contributed by atoms with E-state index in [1.165, 1.54) is 0 Å². The molecule has 0 atom stereocenters. The zero-order valence-electron chi connectivity index (χ0n) is 12.3. The van der Waals surface area contributed by atoms with Gasteiger partial charge in [0, 0.05) is 21.9 Å². The van der Waals surface area contributed by atoms with Crippen LogP contribution in [-0.4, -0.2) is 15.6 Å². The molecular formula is C16H20BrN3O. The quantitative estimate of drug-likeness (QED) is 0.632. The highest BCUT2D eigenvalue weighted by Crippen LogP contribution is 2.19. The standard InChI is InChI=1S/C16H20BrN3O/c1-3-15(4-2)20-6-5-14(19-20)10-16(21)11-7-12(17)9-13(18)8-11/h5-9,15H,3-4,10,18H2,1-2H3. The lowest BCUT2D eigenvalue weighted by atomic mass is 10.1. The molecule has 0 radical (unpaired) electrons. The summed E-state index contributed by atoms with van der Waals surface area (Å²) in [6.45, 7) is 4.29. The van der Waals surface area contributed by atoms with Crippen LogP contribution in [0.1, 0.15) is 48.8 Å². The minimum absolute atomic E-state index is 0.0257. The van der Waals surface area contributed by atoms with E-state index in [0.29, 0.717) is 23.7 Å². The third-order valence-electron chi connectivity index (χ3n) is 3.56. The van der Waals surface area contributed by atoms with Crippen LogP contribution in [0.4, 0.5) is 5.69 Å². The van der Waals surface area contributed by atoms with Crippen molar-refractivity contribution in [2.24, 2.45) is 0 Å². The number of hydrogen-bond donors (Lipinski definition) is 1. The van der Waals surface area contributed by atoms with Crippen molar-refractivity contribution in [2.75, 3.05) is 5.73 Å². The fourth-order valence-corrected chi connectivity index (χ4v) is 2.89. The maximum absolute atomic E-state index is 12.3.